The number of anilines is 1. The van der Waals surface area contributed by atoms with Crippen molar-refractivity contribution in [3.05, 3.63) is 39.8 Å². The number of azide groups is 1. The Balaban J connectivity index is 2.96. The normalized spacial score (nSPS) is 8.72. The molecule has 0 spiro atoms. The SMILES string of the molecule is CCOC(=O)c1ccc(N)c(C#CCN=[N+]=[N-])c1. The maximum atomic E-state index is 11.5. The number of benzene rings is 1. The Morgan fingerprint density at radius 3 is 3.06 bits per heavy atom. The fraction of sp³-hybridized carbons (Fsp3) is 0.250. The highest BCUT2D eigenvalue weighted by Gasteiger charge is 2.07. The van der Waals surface area contributed by atoms with Gasteiger partial charge in [-0.1, -0.05) is 17.0 Å². The van der Waals surface area contributed by atoms with Crippen LogP contribution in [0.2, 0.25) is 0 Å². The summed E-state index contributed by atoms with van der Waals surface area (Å²) in [6.45, 7) is 2.09. The molecular weight excluding hydrogens is 232 g/mol. The molecule has 1 aromatic carbocycles. The summed E-state index contributed by atoms with van der Waals surface area (Å²) in [5.74, 6) is 4.96. The van der Waals surface area contributed by atoms with E-state index in [2.05, 4.69) is 21.9 Å². The number of hydrogen-bond donors (Lipinski definition) is 1. The van der Waals surface area contributed by atoms with E-state index >= 15 is 0 Å². The van der Waals surface area contributed by atoms with E-state index in [1.165, 1.54) is 0 Å². The largest absolute Gasteiger partial charge is 0.462 e. The third-order valence-electron chi connectivity index (χ3n) is 2.00. The van der Waals surface area contributed by atoms with Crippen LogP contribution in [0, 0.1) is 11.8 Å². The zero-order valence-electron chi connectivity index (χ0n) is 9.88. The minimum atomic E-state index is -0.421. The van der Waals surface area contributed by atoms with Crippen molar-refractivity contribution in [1.29, 1.82) is 0 Å². The number of carbonyl (C=O) groups excluding carboxylic acids is 1. The van der Waals surface area contributed by atoms with Gasteiger partial charge in [0, 0.05) is 16.2 Å². The maximum absolute atomic E-state index is 11.5. The van der Waals surface area contributed by atoms with Crippen LogP contribution in [0.4, 0.5) is 5.69 Å². The van der Waals surface area contributed by atoms with Gasteiger partial charge >= 0.3 is 5.97 Å². The monoisotopic (exact) mass is 244 g/mol. The number of ether oxygens (including phenoxy) is 1. The van der Waals surface area contributed by atoms with Crippen molar-refractivity contribution in [2.75, 3.05) is 18.9 Å². The van der Waals surface area contributed by atoms with Gasteiger partial charge < -0.3 is 10.5 Å². The Bertz CT molecular complexity index is 551. The van der Waals surface area contributed by atoms with E-state index in [9.17, 15) is 4.79 Å². The molecule has 1 aromatic rings. The molecule has 0 saturated carbocycles. The molecule has 0 aliphatic heterocycles. The van der Waals surface area contributed by atoms with Gasteiger partial charge in [-0.05, 0) is 30.7 Å². The number of rotatable bonds is 3. The molecule has 0 unspecified atom stereocenters. The van der Waals surface area contributed by atoms with Gasteiger partial charge in [0.05, 0.1) is 18.7 Å². The van der Waals surface area contributed by atoms with Crippen molar-refractivity contribution >= 4 is 11.7 Å². The summed E-state index contributed by atoms with van der Waals surface area (Å²) in [6.07, 6.45) is 0. The summed E-state index contributed by atoms with van der Waals surface area (Å²) in [7, 11) is 0. The second kappa shape index (κ2) is 6.84. The smallest absolute Gasteiger partial charge is 0.338 e. The third kappa shape index (κ3) is 3.74. The fourth-order valence-corrected chi connectivity index (χ4v) is 1.21. The second-order valence-corrected chi connectivity index (χ2v) is 3.21. The van der Waals surface area contributed by atoms with Crippen molar-refractivity contribution in [1.82, 2.24) is 0 Å². The highest BCUT2D eigenvalue weighted by atomic mass is 16.5. The molecule has 18 heavy (non-hydrogen) atoms. The van der Waals surface area contributed by atoms with E-state index in [-0.39, 0.29) is 6.54 Å². The summed E-state index contributed by atoms with van der Waals surface area (Å²) in [5, 5.41) is 3.28. The highest BCUT2D eigenvalue weighted by Crippen LogP contribution is 2.13. The predicted octanol–water partition coefficient (Wildman–Crippen LogP) is 2.11. The fourth-order valence-electron chi connectivity index (χ4n) is 1.21. The summed E-state index contributed by atoms with van der Waals surface area (Å²) >= 11 is 0. The number of nitrogens with zero attached hydrogens (tertiary/aromatic N) is 3. The molecular formula is C12H12N4O2. The predicted molar refractivity (Wildman–Crippen MR) is 67.7 cm³/mol. The molecule has 2 N–H and O–H groups in total. The van der Waals surface area contributed by atoms with E-state index in [0.717, 1.165) is 0 Å². The lowest BCUT2D eigenvalue weighted by molar-refractivity contribution is 0.0526. The standard InChI is InChI=1S/C12H12N4O2/c1-2-18-12(17)10-5-6-11(13)9(8-10)4-3-7-15-16-14/h5-6,8H,2,7,13H2,1H3. The minimum absolute atomic E-state index is 0.0551. The average molecular weight is 244 g/mol. The average Bonchev–Trinajstić information content (AvgIpc) is 2.37. The first-order chi connectivity index (χ1) is 8.69. The van der Waals surface area contributed by atoms with Crippen LogP contribution in [0.1, 0.15) is 22.8 Å². The number of esters is 1. The first-order valence-corrected chi connectivity index (χ1v) is 5.25. The van der Waals surface area contributed by atoms with Crippen LogP contribution in [0.15, 0.2) is 23.3 Å². The molecule has 0 heterocycles. The third-order valence-corrected chi connectivity index (χ3v) is 2.00. The number of carbonyl (C=O) groups is 1. The van der Waals surface area contributed by atoms with Gasteiger partial charge in [0.1, 0.15) is 0 Å². The van der Waals surface area contributed by atoms with E-state index < -0.39 is 5.97 Å². The van der Waals surface area contributed by atoms with E-state index in [1.54, 1.807) is 25.1 Å². The lowest BCUT2D eigenvalue weighted by atomic mass is 10.1. The molecule has 0 aliphatic carbocycles. The second-order valence-electron chi connectivity index (χ2n) is 3.21. The van der Waals surface area contributed by atoms with Gasteiger partial charge in [0.2, 0.25) is 0 Å². The van der Waals surface area contributed by atoms with Gasteiger partial charge in [-0.3, -0.25) is 0 Å². The Hall–Kier alpha value is -2.64. The van der Waals surface area contributed by atoms with Gasteiger partial charge in [-0.2, -0.15) is 0 Å². The molecule has 92 valence electrons. The van der Waals surface area contributed by atoms with Crippen molar-refractivity contribution in [2.24, 2.45) is 5.11 Å². The maximum Gasteiger partial charge on any atom is 0.338 e. The van der Waals surface area contributed by atoms with Crippen LogP contribution in [0.5, 0.6) is 0 Å². The number of nitrogens with two attached hydrogens (primary N) is 1. The van der Waals surface area contributed by atoms with Crippen molar-refractivity contribution in [3.8, 4) is 11.8 Å². The molecule has 0 saturated heterocycles. The van der Waals surface area contributed by atoms with Crippen LogP contribution in [0.3, 0.4) is 0 Å². The number of hydrogen-bond acceptors (Lipinski definition) is 4. The van der Waals surface area contributed by atoms with Crippen LogP contribution in [-0.2, 0) is 4.74 Å². The zero-order chi connectivity index (χ0) is 13.4. The molecule has 0 amide bonds. The van der Waals surface area contributed by atoms with Crippen LogP contribution in [0.25, 0.3) is 10.4 Å². The molecule has 0 aromatic heterocycles. The van der Waals surface area contributed by atoms with Crippen LogP contribution < -0.4 is 5.73 Å². The Kier molecular flexibility index (Phi) is 5.10. The van der Waals surface area contributed by atoms with Crippen molar-refractivity contribution in [2.45, 2.75) is 6.92 Å². The Morgan fingerprint density at radius 1 is 1.61 bits per heavy atom. The highest BCUT2D eigenvalue weighted by molar-refractivity contribution is 5.90. The zero-order valence-corrected chi connectivity index (χ0v) is 9.88. The molecule has 0 aliphatic rings. The molecule has 6 nitrogen and oxygen atoms in total. The van der Waals surface area contributed by atoms with Gasteiger partial charge in [-0.15, -0.1) is 0 Å². The Labute approximate surface area is 104 Å². The molecule has 0 bridgehead atoms. The topological polar surface area (TPSA) is 101 Å². The first kappa shape index (κ1) is 13.4. The van der Waals surface area contributed by atoms with Crippen molar-refractivity contribution in [3.63, 3.8) is 0 Å². The first-order valence-electron chi connectivity index (χ1n) is 5.25. The van der Waals surface area contributed by atoms with E-state index in [0.29, 0.717) is 23.4 Å². The number of nitrogen functional groups attached to an aromatic ring is 1. The lowest BCUT2D eigenvalue weighted by Crippen LogP contribution is -2.05. The molecule has 6 heteroatoms. The molecule has 0 fully saturated rings. The van der Waals surface area contributed by atoms with Crippen LogP contribution >= 0.6 is 0 Å². The van der Waals surface area contributed by atoms with Gasteiger partial charge in [0.25, 0.3) is 0 Å². The molecule has 0 radical (unpaired) electrons. The molecule has 0 atom stereocenters. The summed E-state index contributed by atoms with van der Waals surface area (Å²) in [6, 6.07) is 4.71. The lowest BCUT2D eigenvalue weighted by Gasteiger charge is -2.03. The minimum Gasteiger partial charge on any atom is -0.462 e. The van der Waals surface area contributed by atoms with E-state index in [1.807, 2.05) is 0 Å². The summed E-state index contributed by atoms with van der Waals surface area (Å²) in [5.41, 5.74) is 15.2. The quantitative estimate of drug-likeness (QED) is 0.220. The molecule has 1 rings (SSSR count). The van der Waals surface area contributed by atoms with E-state index in [4.69, 9.17) is 16.0 Å². The summed E-state index contributed by atoms with van der Waals surface area (Å²) in [4.78, 5) is 14.1. The van der Waals surface area contributed by atoms with Gasteiger partial charge in [0.15, 0.2) is 0 Å². The Morgan fingerprint density at radius 2 is 2.39 bits per heavy atom. The van der Waals surface area contributed by atoms with Gasteiger partial charge in [-0.25, -0.2) is 4.79 Å². The summed E-state index contributed by atoms with van der Waals surface area (Å²) < 4.78 is 4.87. The van der Waals surface area contributed by atoms with Crippen LogP contribution in [-0.4, -0.2) is 19.1 Å². The van der Waals surface area contributed by atoms with Crippen molar-refractivity contribution < 1.29 is 9.53 Å².